The van der Waals surface area contributed by atoms with Crippen LogP contribution in [0.25, 0.3) is 5.69 Å². The molecule has 0 unspecified atom stereocenters. The van der Waals surface area contributed by atoms with E-state index in [1.165, 1.54) is 48.5 Å². The van der Waals surface area contributed by atoms with Crippen LogP contribution in [0.1, 0.15) is 27.2 Å². The molecule has 7 nitrogen and oxygen atoms in total. The van der Waals surface area contributed by atoms with Crippen LogP contribution in [-0.4, -0.2) is 20.3 Å². The third-order valence-corrected chi connectivity index (χ3v) is 5.68. The summed E-state index contributed by atoms with van der Waals surface area (Å²) in [5.74, 6) is -1.79. The number of benzene rings is 3. The predicted molar refractivity (Wildman–Crippen MR) is 127 cm³/mol. The zero-order chi connectivity index (χ0) is 25.1. The Morgan fingerprint density at radius 3 is 2.40 bits per heavy atom. The van der Waals surface area contributed by atoms with E-state index in [0.29, 0.717) is 16.1 Å². The van der Waals surface area contributed by atoms with E-state index in [2.05, 4.69) is 10.4 Å². The van der Waals surface area contributed by atoms with Crippen molar-refractivity contribution >= 4 is 17.5 Å². The van der Waals surface area contributed by atoms with Crippen molar-refractivity contribution in [2.45, 2.75) is 20.0 Å². The number of halogens is 3. The number of nitrogens with zero attached hydrogens (tertiary/aromatic N) is 3. The second-order valence-electron chi connectivity index (χ2n) is 7.81. The van der Waals surface area contributed by atoms with E-state index in [9.17, 15) is 23.2 Å². The van der Waals surface area contributed by atoms with E-state index in [-0.39, 0.29) is 18.8 Å². The molecule has 1 amide bonds. The van der Waals surface area contributed by atoms with Crippen molar-refractivity contribution in [3.05, 3.63) is 127 Å². The monoisotopic (exact) mass is 496 g/mol. The summed E-state index contributed by atoms with van der Waals surface area (Å²) < 4.78 is 28.6. The molecule has 178 valence electrons. The normalized spacial score (nSPS) is 10.9. The molecule has 1 N–H and O–H groups in total. The number of carbonyl (C=O) groups excluding carboxylic acids is 1. The van der Waals surface area contributed by atoms with Crippen LogP contribution < -0.4 is 16.6 Å². The first-order valence-corrected chi connectivity index (χ1v) is 10.9. The van der Waals surface area contributed by atoms with Gasteiger partial charge in [-0.25, -0.2) is 13.6 Å². The van der Waals surface area contributed by atoms with Crippen LogP contribution in [0, 0.1) is 18.6 Å². The largest absolute Gasteiger partial charge is 0.352 e. The molecule has 1 aromatic heterocycles. The zero-order valence-corrected chi connectivity index (χ0v) is 19.2. The van der Waals surface area contributed by atoms with Crippen LogP contribution in [0.4, 0.5) is 8.78 Å². The van der Waals surface area contributed by atoms with Crippen LogP contribution in [0.15, 0.2) is 76.3 Å². The van der Waals surface area contributed by atoms with Gasteiger partial charge in [0.25, 0.3) is 11.5 Å². The summed E-state index contributed by atoms with van der Waals surface area (Å²) >= 11 is 6.21. The van der Waals surface area contributed by atoms with Gasteiger partial charge >= 0.3 is 5.69 Å². The van der Waals surface area contributed by atoms with Gasteiger partial charge < -0.3 is 5.32 Å². The molecule has 0 bridgehead atoms. The standard InChI is InChI=1S/C25H19ClF2N4O3/c1-15-5-10-20(12-21(15)26)32-25(35)31(14-17-3-2-4-19(28)11-17)24(34)22(30-32)23(33)29-13-16-6-8-18(27)9-7-16/h2-12H,13-14H2,1H3,(H,29,33). The van der Waals surface area contributed by atoms with Crippen molar-refractivity contribution in [3.8, 4) is 5.69 Å². The molecule has 3 aromatic carbocycles. The highest BCUT2D eigenvalue weighted by Gasteiger charge is 2.21. The molecule has 0 aliphatic heterocycles. The lowest BCUT2D eigenvalue weighted by Gasteiger charge is -2.13. The summed E-state index contributed by atoms with van der Waals surface area (Å²) in [4.78, 5) is 39.3. The van der Waals surface area contributed by atoms with Crippen LogP contribution in [0.2, 0.25) is 5.02 Å². The smallest absolute Gasteiger partial charge is 0.346 e. The minimum Gasteiger partial charge on any atom is -0.346 e. The number of rotatable bonds is 6. The van der Waals surface area contributed by atoms with Crippen molar-refractivity contribution < 1.29 is 13.6 Å². The first-order chi connectivity index (χ1) is 16.7. The molecular formula is C25H19ClF2N4O3. The molecule has 4 aromatic rings. The predicted octanol–water partition coefficient (Wildman–Crippen LogP) is 3.61. The molecule has 0 radical (unpaired) electrons. The van der Waals surface area contributed by atoms with Crippen molar-refractivity contribution in [3.63, 3.8) is 0 Å². The summed E-state index contributed by atoms with van der Waals surface area (Å²) in [5, 5.41) is 6.94. The van der Waals surface area contributed by atoms with Crippen molar-refractivity contribution in [1.29, 1.82) is 0 Å². The van der Waals surface area contributed by atoms with Gasteiger partial charge in [0.05, 0.1) is 12.2 Å². The van der Waals surface area contributed by atoms with Crippen LogP contribution in [-0.2, 0) is 13.1 Å². The fourth-order valence-corrected chi connectivity index (χ4v) is 3.54. The third-order valence-electron chi connectivity index (χ3n) is 5.27. The molecule has 0 fully saturated rings. The summed E-state index contributed by atoms with van der Waals surface area (Å²) in [5.41, 5.74) is -0.362. The molecular weight excluding hydrogens is 478 g/mol. The van der Waals surface area contributed by atoms with Crippen molar-refractivity contribution in [1.82, 2.24) is 19.7 Å². The number of aromatic nitrogens is 3. The molecule has 4 rings (SSSR count). The van der Waals surface area contributed by atoms with Gasteiger partial charge in [0.2, 0.25) is 5.69 Å². The number of amides is 1. The topological polar surface area (TPSA) is 86.0 Å². The van der Waals surface area contributed by atoms with Gasteiger partial charge in [-0.2, -0.15) is 9.78 Å². The van der Waals surface area contributed by atoms with Gasteiger partial charge in [-0.3, -0.25) is 14.2 Å². The van der Waals surface area contributed by atoms with E-state index in [0.717, 1.165) is 14.8 Å². The highest BCUT2D eigenvalue weighted by Crippen LogP contribution is 2.18. The highest BCUT2D eigenvalue weighted by atomic mass is 35.5. The van der Waals surface area contributed by atoms with Crippen molar-refractivity contribution in [2.24, 2.45) is 0 Å². The fraction of sp³-hybridized carbons (Fsp3) is 0.120. The van der Waals surface area contributed by atoms with Crippen LogP contribution >= 0.6 is 11.6 Å². The zero-order valence-electron chi connectivity index (χ0n) is 18.5. The number of nitrogens with one attached hydrogen (secondary N) is 1. The first-order valence-electron chi connectivity index (χ1n) is 10.5. The van der Waals surface area contributed by atoms with E-state index >= 15 is 0 Å². The lowest BCUT2D eigenvalue weighted by molar-refractivity contribution is 0.0941. The molecule has 35 heavy (non-hydrogen) atoms. The summed E-state index contributed by atoms with van der Waals surface area (Å²) in [6.45, 7) is 1.50. The highest BCUT2D eigenvalue weighted by molar-refractivity contribution is 6.31. The fourth-order valence-electron chi connectivity index (χ4n) is 3.36. The summed E-state index contributed by atoms with van der Waals surface area (Å²) in [6.07, 6.45) is 0. The maximum Gasteiger partial charge on any atom is 0.352 e. The minimum atomic E-state index is -0.940. The van der Waals surface area contributed by atoms with E-state index < -0.39 is 34.5 Å². The SMILES string of the molecule is Cc1ccc(-n2nc(C(=O)NCc3ccc(F)cc3)c(=O)n(Cc3cccc(F)c3)c2=O)cc1Cl. The maximum atomic E-state index is 13.7. The van der Waals surface area contributed by atoms with Gasteiger partial charge in [0.1, 0.15) is 11.6 Å². The Bertz CT molecular complexity index is 1530. The Hall–Kier alpha value is -4.11. The Morgan fingerprint density at radius 2 is 1.71 bits per heavy atom. The minimum absolute atomic E-state index is 0.000381. The second-order valence-corrected chi connectivity index (χ2v) is 8.21. The first kappa shape index (κ1) is 24.0. The maximum absolute atomic E-state index is 13.7. The third kappa shape index (κ3) is 5.36. The molecule has 0 saturated heterocycles. The van der Waals surface area contributed by atoms with Gasteiger partial charge in [0.15, 0.2) is 0 Å². The van der Waals surface area contributed by atoms with Gasteiger partial charge in [-0.1, -0.05) is 41.9 Å². The quantitative estimate of drug-likeness (QED) is 0.442. The van der Waals surface area contributed by atoms with E-state index in [4.69, 9.17) is 11.6 Å². The van der Waals surface area contributed by atoms with Gasteiger partial charge in [0, 0.05) is 11.6 Å². The van der Waals surface area contributed by atoms with Gasteiger partial charge in [-0.05, 0) is 60.0 Å². The summed E-state index contributed by atoms with van der Waals surface area (Å²) in [7, 11) is 0. The van der Waals surface area contributed by atoms with E-state index in [1.54, 1.807) is 25.1 Å². The second kappa shape index (κ2) is 10.0. The number of hydrogen-bond donors (Lipinski definition) is 1. The van der Waals surface area contributed by atoms with Gasteiger partial charge in [-0.15, -0.1) is 0 Å². The number of aryl methyl sites for hydroxylation is 1. The van der Waals surface area contributed by atoms with Crippen LogP contribution in [0.5, 0.6) is 0 Å². The average Bonchev–Trinajstić information content (AvgIpc) is 2.83. The molecule has 0 atom stereocenters. The Balaban J connectivity index is 1.79. The Kier molecular flexibility index (Phi) is 6.88. The molecule has 1 heterocycles. The van der Waals surface area contributed by atoms with Crippen LogP contribution in [0.3, 0.4) is 0 Å². The number of carbonyl (C=O) groups is 1. The molecule has 10 heteroatoms. The number of hydrogen-bond acceptors (Lipinski definition) is 4. The Labute approximate surface area is 203 Å². The lowest BCUT2D eigenvalue weighted by atomic mass is 10.2. The molecule has 0 aliphatic rings. The molecule has 0 aliphatic carbocycles. The summed E-state index contributed by atoms with van der Waals surface area (Å²) in [6, 6.07) is 15.6. The lowest BCUT2D eigenvalue weighted by Crippen LogP contribution is -2.46. The molecule has 0 spiro atoms. The Morgan fingerprint density at radius 1 is 0.971 bits per heavy atom. The van der Waals surface area contributed by atoms with E-state index in [1.807, 2.05) is 0 Å². The average molecular weight is 497 g/mol. The van der Waals surface area contributed by atoms with Crippen molar-refractivity contribution in [2.75, 3.05) is 0 Å². The molecule has 0 saturated carbocycles.